The van der Waals surface area contributed by atoms with Crippen molar-refractivity contribution in [3.05, 3.63) is 71.4 Å². The SMILES string of the molecule is CCc1cccc2c(C(CC(=O)N3CCN(C(C)=O)CC3)c3ccccc3)cn(CC)c12. The molecule has 0 aliphatic carbocycles. The van der Waals surface area contributed by atoms with E-state index in [1.54, 1.807) is 6.92 Å². The minimum absolute atomic E-state index is 0.00283. The molecule has 0 radical (unpaired) electrons. The molecule has 0 N–H and O–H groups in total. The average Bonchev–Trinajstić information content (AvgIpc) is 3.21. The lowest BCUT2D eigenvalue weighted by Crippen LogP contribution is -2.50. The zero-order valence-corrected chi connectivity index (χ0v) is 19.4. The molecule has 1 saturated heterocycles. The summed E-state index contributed by atoms with van der Waals surface area (Å²) in [5.41, 5.74) is 5.02. The van der Waals surface area contributed by atoms with Crippen LogP contribution in [0.1, 0.15) is 49.8 Å². The Morgan fingerprint density at radius 2 is 1.59 bits per heavy atom. The molecular weight excluding hydrogens is 398 g/mol. The van der Waals surface area contributed by atoms with Gasteiger partial charge in [-0.15, -0.1) is 0 Å². The maximum Gasteiger partial charge on any atom is 0.223 e. The molecule has 1 aromatic heterocycles. The first-order chi connectivity index (χ1) is 15.5. The zero-order chi connectivity index (χ0) is 22.7. The van der Waals surface area contributed by atoms with Gasteiger partial charge < -0.3 is 14.4 Å². The van der Waals surface area contributed by atoms with Crippen molar-refractivity contribution in [3.8, 4) is 0 Å². The Balaban J connectivity index is 1.69. The first-order valence-corrected chi connectivity index (χ1v) is 11.7. The molecule has 5 heteroatoms. The predicted molar refractivity (Wildman–Crippen MR) is 129 cm³/mol. The summed E-state index contributed by atoms with van der Waals surface area (Å²) in [6, 6.07) is 16.9. The van der Waals surface area contributed by atoms with Crippen LogP contribution >= 0.6 is 0 Å². The minimum atomic E-state index is -0.00283. The number of piperazine rings is 1. The molecule has 32 heavy (non-hydrogen) atoms. The number of carbonyl (C=O) groups is 2. The summed E-state index contributed by atoms with van der Waals surface area (Å²) in [7, 11) is 0. The van der Waals surface area contributed by atoms with Gasteiger partial charge in [0.1, 0.15) is 0 Å². The minimum Gasteiger partial charge on any atom is -0.347 e. The fraction of sp³-hybridized carbons (Fsp3) is 0.407. The number of aromatic nitrogens is 1. The number of rotatable bonds is 6. The number of hydrogen-bond donors (Lipinski definition) is 0. The molecule has 2 heterocycles. The third kappa shape index (κ3) is 4.29. The van der Waals surface area contributed by atoms with Gasteiger partial charge >= 0.3 is 0 Å². The molecule has 2 amide bonds. The number of para-hydroxylation sites is 1. The van der Waals surface area contributed by atoms with E-state index in [0.29, 0.717) is 32.6 Å². The molecule has 1 atom stereocenters. The van der Waals surface area contributed by atoms with E-state index in [2.05, 4.69) is 67.1 Å². The number of amides is 2. The van der Waals surface area contributed by atoms with E-state index >= 15 is 0 Å². The fourth-order valence-electron chi connectivity index (χ4n) is 4.94. The third-order valence-corrected chi connectivity index (χ3v) is 6.77. The predicted octanol–water partition coefficient (Wildman–Crippen LogP) is 4.44. The van der Waals surface area contributed by atoms with Crippen LogP contribution in [0.3, 0.4) is 0 Å². The summed E-state index contributed by atoms with van der Waals surface area (Å²) in [6.07, 6.45) is 3.67. The van der Waals surface area contributed by atoms with Crippen LogP contribution in [0.4, 0.5) is 0 Å². The summed E-state index contributed by atoms with van der Waals surface area (Å²) < 4.78 is 2.33. The maximum absolute atomic E-state index is 13.4. The summed E-state index contributed by atoms with van der Waals surface area (Å²) in [4.78, 5) is 28.8. The Hall–Kier alpha value is -3.08. The van der Waals surface area contributed by atoms with E-state index in [9.17, 15) is 9.59 Å². The number of hydrogen-bond acceptors (Lipinski definition) is 2. The molecule has 1 fully saturated rings. The summed E-state index contributed by atoms with van der Waals surface area (Å²) in [5.74, 6) is 0.237. The van der Waals surface area contributed by atoms with E-state index in [1.165, 1.54) is 27.6 Å². The fourth-order valence-corrected chi connectivity index (χ4v) is 4.94. The van der Waals surface area contributed by atoms with Crippen LogP contribution in [0.15, 0.2) is 54.7 Å². The van der Waals surface area contributed by atoms with Crippen molar-refractivity contribution < 1.29 is 9.59 Å². The number of benzene rings is 2. The van der Waals surface area contributed by atoms with E-state index in [1.807, 2.05) is 15.9 Å². The average molecular weight is 432 g/mol. The summed E-state index contributed by atoms with van der Waals surface area (Å²) in [6.45, 7) is 9.31. The van der Waals surface area contributed by atoms with Crippen LogP contribution in [-0.4, -0.2) is 52.4 Å². The zero-order valence-electron chi connectivity index (χ0n) is 19.4. The van der Waals surface area contributed by atoms with Gasteiger partial charge in [0.15, 0.2) is 0 Å². The molecule has 1 unspecified atom stereocenters. The Kier molecular flexibility index (Phi) is 6.63. The summed E-state index contributed by atoms with van der Waals surface area (Å²) in [5, 5.41) is 1.24. The third-order valence-electron chi connectivity index (χ3n) is 6.77. The molecule has 4 rings (SSSR count). The monoisotopic (exact) mass is 431 g/mol. The highest BCUT2D eigenvalue weighted by atomic mass is 16.2. The first kappa shape index (κ1) is 22.1. The second kappa shape index (κ2) is 9.60. The first-order valence-electron chi connectivity index (χ1n) is 11.7. The Bertz CT molecular complexity index is 1090. The maximum atomic E-state index is 13.4. The van der Waals surface area contributed by atoms with E-state index in [0.717, 1.165) is 13.0 Å². The molecule has 168 valence electrons. The number of fused-ring (bicyclic) bond motifs is 1. The van der Waals surface area contributed by atoms with Gasteiger partial charge in [0.25, 0.3) is 0 Å². The van der Waals surface area contributed by atoms with Crippen molar-refractivity contribution in [2.45, 2.75) is 46.1 Å². The second-order valence-corrected chi connectivity index (χ2v) is 8.59. The lowest BCUT2D eigenvalue weighted by Gasteiger charge is -2.35. The van der Waals surface area contributed by atoms with Crippen LogP contribution in [-0.2, 0) is 22.6 Å². The molecular formula is C27H33N3O2. The van der Waals surface area contributed by atoms with Crippen LogP contribution in [0.25, 0.3) is 10.9 Å². The van der Waals surface area contributed by atoms with E-state index in [-0.39, 0.29) is 17.7 Å². The Morgan fingerprint density at radius 3 is 2.22 bits per heavy atom. The Morgan fingerprint density at radius 1 is 0.906 bits per heavy atom. The molecule has 0 spiro atoms. The molecule has 1 aliphatic rings. The lowest BCUT2D eigenvalue weighted by atomic mass is 9.87. The standard InChI is InChI=1S/C27H33N3O2/c1-4-21-12-9-13-23-25(19-28(5-2)27(21)23)24(22-10-7-6-8-11-22)18-26(32)30-16-14-29(15-17-30)20(3)31/h6-13,19,24H,4-5,14-18H2,1-3H3. The largest absolute Gasteiger partial charge is 0.347 e. The van der Waals surface area contributed by atoms with Gasteiger partial charge in [0, 0.05) is 63.6 Å². The second-order valence-electron chi connectivity index (χ2n) is 8.59. The van der Waals surface area contributed by atoms with Gasteiger partial charge in [-0.1, -0.05) is 55.5 Å². The molecule has 1 aliphatic heterocycles. The normalized spacial score (nSPS) is 15.2. The van der Waals surface area contributed by atoms with Gasteiger partial charge in [-0.05, 0) is 30.0 Å². The smallest absolute Gasteiger partial charge is 0.223 e. The molecule has 0 saturated carbocycles. The van der Waals surface area contributed by atoms with E-state index in [4.69, 9.17) is 0 Å². The molecule has 5 nitrogen and oxygen atoms in total. The number of aryl methyl sites for hydroxylation is 2. The van der Waals surface area contributed by atoms with Crippen LogP contribution in [0.5, 0.6) is 0 Å². The van der Waals surface area contributed by atoms with E-state index < -0.39 is 0 Å². The van der Waals surface area contributed by atoms with Crippen LogP contribution in [0.2, 0.25) is 0 Å². The highest BCUT2D eigenvalue weighted by molar-refractivity contribution is 5.89. The van der Waals surface area contributed by atoms with Crippen molar-refractivity contribution in [3.63, 3.8) is 0 Å². The van der Waals surface area contributed by atoms with Gasteiger partial charge in [0.05, 0.1) is 5.52 Å². The number of carbonyl (C=O) groups excluding carboxylic acids is 2. The quantitative estimate of drug-likeness (QED) is 0.579. The summed E-state index contributed by atoms with van der Waals surface area (Å²) >= 11 is 0. The van der Waals surface area contributed by atoms with Gasteiger partial charge in [-0.3, -0.25) is 9.59 Å². The van der Waals surface area contributed by atoms with Gasteiger partial charge in [0.2, 0.25) is 11.8 Å². The lowest BCUT2D eigenvalue weighted by molar-refractivity contribution is -0.138. The van der Waals surface area contributed by atoms with Crippen molar-refractivity contribution >= 4 is 22.7 Å². The van der Waals surface area contributed by atoms with Crippen LogP contribution in [0, 0.1) is 0 Å². The van der Waals surface area contributed by atoms with Crippen LogP contribution < -0.4 is 0 Å². The van der Waals surface area contributed by atoms with Gasteiger partial charge in [-0.25, -0.2) is 0 Å². The topological polar surface area (TPSA) is 45.6 Å². The Labute approximate surface area is 190 Å². The van der Waals surface area contributed by atoms with Crippen molar-refractivity contribution in [2.75, 3.05) is 26.2 Å². The number of nitrogens with zero attached hydrogens (tertiary/aromatic N) is 3. The van der Waals surface area contributed by atoms with Gasteiger partial charge in [-0.2, -0.15) is 0 Å². The van der Waals surface area contributed by atoms with Crippen molar-refractivity contribution in [2.24, 2.45) is 0 Å². The molecule has 3 aromatic rings. The highest BCUT2D eigenvalue weighted by Crippen LogP contribution is 2.36. The highest BCUT2D eigenvalue weighted by Gasteiger charge is 2.28. The molecule has 2 aromatic carbocycles. The van der Waals surface area contributed by atoms with Crippen molar-refractivity contribution in [1.29, 1.82) is 0 Å². The van der Waals surface area contributed by atoms with Crippen molar-refractivity contribution in [1.82, 2.24) is 14.4 Å². The molecule has 0 bridgehead atoms.